The van der Waals surface area contributed by atoms with Crippen LogP contribution in [0, 0.1) is 0 Å². The van der Waals surface area contributed by atoms with Gasteiger partial charge in [-0.3, -0.25) is 4.79 Å². The van der Waals surface area contributed by atoms with Gasteiger partial charge in [0, 0.05) is 24.6 Å². The maximum Gasteiger partial charge on any atom is 0.265 e. The van der Waals surface area contributed by atoms with Gasteiger partial charge in [-0.2, -0.15) is 0 Å². The van der Waals surface area contributed by atoms with Gasteiger partial charge in [-0.05, 0) is 37.1 Å². The second kappa shape index (κ2) is 5.18. The maximum absolute atomic E-state index is 12.1. The smallest absolute Gasteiger partial charge is 0.265 e. The van der Waals surface area contributed by atoms with Crippen LogP contribution in [-0.4, -0.2) is 11.7 Å². The van der Waals surface area contributed by atoms with Crippen LogP contribution >= 0.6 is 22.9 Å². The number of amides is 1. The first-order valence-electron chi connectivity index (χ1n) is 7.22. The van der Waals surface area contributed by atoms with E-state index in [0.717, 1.165) is 31.4 Å². The first kappa shape index (κ1) is 13.9. The zero-order valence-electron chi connectivity index (χ0n) is 11.7. The van der Waals surface area contributed by atoms with E-state index in [0.29, 0.717) is 20.7 Å². The highest BCUT2D eigenvalue weighted by Gasteiger charge is 2.44. The highest BCUT2D eigenvalue weighted by molar-refractivity contribution is 7.18. The van der Waals surface area contributed by atoms with E-state index in [2.05, 4.69) is 5.32 Å². The molecule has 0 saturated heterocycles. The molecule has 1 amide bonds. The molecule has 1 aliphatic heterocycles. The molecule has 2 aliphatic rings. The summed E-state index contributed by atoms with van der Waals surface area (Å²) in [6, 6.07) is 8.91. The Balaban J connectivity index is 1.52. The molecular formula is C16H14ClNO3S. The Kier molecular flexibility index (Phi) is 3.27. The van der Waals surface area contributed by atoms with Crippen molar-refractivity contribution in [2.75, 3.05) is 5.32 Å². The number of carbonyl (C=O) groups is 1. The summed E-state index contributed by atoms with van der Waals surface area (Å²) in [5.41, 5.74) is 0.687. The summed E-state index contributed by atoms with van der Waals surface area (Å²) in [5, 5.41) is 2.86. The third kappa shape index (κ3) is 2.44. The minimum absolute atomic E-state index is 0.175. The molecule has 0 unspecified atom stereocenters. The number of ether oxygens (including phenoxy) is 2. The van der Waals surface area contributed by atoms with E-state index in [9.17, 15) is 4.79 Å². The number of carbonyl (C=O) groups excluding carboxylic acids is 1. The molecule has 2 aromatic rings. The molecule has 1 aliphatic carbocycles. The van der Waals surface area contributed by atoms with E-state index in [1.165, 1.54) is 11.3 Å². The van der Waals surface area contributed by atoms with E-state index in [-0.39, 0.29) is 5.91 Å². The summed E-state index contributed by atoms with van der Waals surface area (Å²) < 4.78 is 12.5. The lowest BCUT2D eigenvalue weighted by molar-refractivity contribution is -0.0716. The molecule has 0 bridgehead atoms. The van der Waals surface area contributed by atoms with Crippen LogP contribution in [0.25, 0.3) is 0 Å². The lowest BCUT2D eigenvalue weighted by Crippen LogP contribution is -2.34. The van der Waals surface area contributed by atoms with Crippen molar-refractivity contribution >= 4 is 34.5 Å². The number of fused-ring (bicyclic) bond motifs is 1. The van der Waals surface area contributed by atoms with Gasteiger partial charge in [0.25, 0.3) is 11.7 Å². The van der Waals surface area contributed by atoms with Gasteiger partial charge in [-0.1, -0.05) is 11.6 Å². The number of nitrogens with one attached hydrogen (secondary N) is 1. The Morgan fingerprint density at radius 2 is 1.91 bits per heavy atom. The molecule has 4 rings (SSSR count). The first-order valence-corrected chi connectivity index (χ1v) is 8.42. The van der Waals surface area contributed by atoms with Crippen molar-refractivity contribution in [2.24, 2.45) is 0 Å². The first-order chi connectivity index (χ1) is 10.6. The van der Waals surface area contributed by atoms with E-state index in [1.807, 2.05) is 18.2 Å². The van der Waals surface area contributed by atoms with Crippen molar-refractivity contribution in [1.29, 1.82) is 0 Å². The summed E-state index contributed by atoms with van der Waals surface area (Å²) >= 11 is 7.11. The average Bonchev–Trinajstić information content (AvgIpc) is 3.19. The van der Waals surface area contributed by atoms with Crippen LogP contribution < -0.4 is 14.8 Å². The fourth-order valence-corrected chi connectivity index (χ4v) is 3.86. The van der Waals surface area contributed by atoms with Crippen LogP contribution in [0.4, 0.5) is 5.69 Å². The second-order valence-corrected chi connectivity index (χ2v) is 7.26. The number of benzene rings is 1. The standard InChI is InChI=1S/C16H14ClNO3S/c17-14-6-5-13(22-14)15(19)18-10-3-4-11-12(9-10)21-16(20-11)7-1-2-8-16/h3-6,9H,1-2,7-8H2,(H,18,19). The molecule has 6 heteroatoms. The zero-order chi connectivity index (χ0) is 15.2. The number of halogens is 1. The highest BCUT2D eigenvalue weighted by atomic mass is 35.5. The molecule has 22 heavy (non-hydrogen) atoms. The van der Waals surface area contributed by atoms with Gasteiger partial charge in [-0.15, -0.1) is 11.3 Å². The van der Waals surface area contributed by atoms with Crippen molar-refractivity contribution < 1.29 is 14.3 Å². The van der Waals surface area contributed by atoms with Gasteiger partial charge in [0.2, 0.25) is 0 Å². The Bertz CT molecular complexity index is 737. The van der Waals surface area contributed by atoms with Crippen LogP contribution in [0.1, 0.15) is 35.4 Å². The molecule has 114 valence electrons. The highest BCUT2D eigenvalue weighted by Crippen LogP contribution is 2.47. The lowest BCUT2D eigenvalue weighted by atomic mass is 10.2. The Labute approximate surface area is 137 Å². The minimum Gasteiger partial charge on any atom is -0.448 e. The minimum atomic E-state index is -0.480. The molecule has 0 atom stereocenters. The largest absolute Gasteiger partial charge is 0.448 e. The summed E-state index contributed by atoms with van der Waals surface area (Å²) in [6.45, 7) is 0. The molecule has 1 aromatic carbocycles. The molecule has 4 nitrogen and oxygen atoms in total. The third-order valence-corrected chi connectivity index (χ3v) is 5.19. The number of hydrogen-bond acceptors (Lipinski definition) is 4. The van der Waals surface area contributed by atoms with Gasteiger partial charge >= 0.3 is 0 Å². The van der Waals surface area contributed by atoms with Crippen molar-refractivity contribution in [3.05, 3.63) is 39.5 Å². The Morgan fingerprint density at radius 1 is 1.14 bits per heavy atom. The third-order valence-electron chi connectivity index (χ3n) is 3.96. The molecule has 1 N–H and O–H groups in total. The van der Waals surface area contributed by atoms with Crippen molar-refractivity contribution in [3.63, 3.8) is 0 Å². The number of hydrogen-bond donors (Lipinski definition) is 1. The van der Waals surface area contributed by atoms with E-state index in [4.69, 9.17) is 21.1 Å². The molecule has 1 saturated carbocycles. The van der Waals surface area contributed by atoms with Crippen LogP contribution in [0.2, 0.25) is 4.34 Å². The summed E-state index contributed by atoms with van der Waals surface area (Å²) in [6.07, 6.45) is 4.07. The second-order valence-electron chi connectivity index (χ2n) is 5.54. The van der Waals surface area contributed by atoms with Gasteiger partial charge in [-0.25, -0.2) is 0 Å². The fraction of sp³-hybridized carbons (Fsp3) is 0.312. The Morgan fingerprint density at radius 3 is 2.64 bits per heavy atom. The fourth-order valence-electron chi connectivity index (χ4n) is 2.92. The molecular weight excluding hydrogens is 322 g/mol. The number of rotatable bonds is 2. The molecule has 2 heterocycles. The molecule has 1 aromatic heterocycles. The van der Waals surface area contributed by atoms with Gasteiger partial charge in [0.05, 0.1) is 9.21 Å². The summed E-state index contributed by atoms with van der Waals surface area (Å²) in [5.74, 6) is 0.793. The topological polar surface area (TPSA) is 47.6 Å². The van der Waals surface area contributed by atoms with Crippen molar-refractivity contribution in [1.82, 2.24) is 0 Å². The van der Waals surface area contributed by atoms with Crippen molar-refractivity contribution in [2.45, 2.75) is 31.5 Å². The maximum atomic E-state index is 12.1. The lowest BCUT2D eigenvalue weighted by Gasteiger charge is -2.21. The summed E-state index contributed by atoms with van der Waals surface area (Å²) in [4.78, 5) is 12.7. The predicted molar refractivity (Wildman–Crippen MR) is 86.2 cm³/mol. The monoisotopic (exact) mass is 335 g/mol. The molecule has 1 spiro atoms. The summed E-state index contributed by atoms with van der Waals surface area (Å²) in [7, 11) is 0. The SMILES string of the molecule is O=C(Nc1ccc2c(c1)OC1(CCCC1)O2)c1ccc(Cl)s1. The zero-order valence-corrected chi connectivity index (χ0v) is 13.3. The van der Waals surface area contributed by atoms with Gasteiger partial charge in [0.1, 0.15) is 0 Å². The van der Waals surface area contributed by atoms with E-state index < -0.39 is 5.79 Å². The quantitative estimate of drug-likeness (QED) is 0.865. The van der Waals surface area contributed by atoms with Crippen LogP contribution in [0.15, 0.2) is 30.3 Å². The van der Waals surface area contributed by atoms with Gasteiger partial charge < -0.3 is 14.8 Å². The predicted octanol–water partition coefficient (Wildman–Crippen LogP) is 4.70. The van der Waals surface area contributed by atoms with Crippen LogP contribution in [-0.2, 0) is 0 Å². The van der Waals surface area contributed by atoms with E-state index >= 15 is 0 Å². The van der Waals surface area contributed by atoms with E-state index in [1.54, 1.807) is 12.1 Å². The average molecular weight is 336 g/mol. The molecule has 1 fully saturated rings. The number of thiophene rings is 1. The Hall–Kier alpha value is -1.72. The van der Waals surface area contributed by atoms with Crippen LogP contribution in [0.5, 0.6) is 11.5 Å². The molecule has 0 radical (unpaired) electrons. The van der Waals surface area contributed by atoms with Crippen molar-refractivity contribution in [3.8, 4) is 11.5 Å². The van der Waals surface area contributed by atoms with Crippen LogP contribution in [0.3, 0.4) is 0 Å². The normalized spacial score (nSPS) is 17.9. The number of anilines is 1. The van der Waals surface area contributed by atoms with Gasteiger partial charge in [0.15, 0.2) is 11.5 Å².